The molecule has 0 aliphatic rings. The first-order chi connectivity index (χ1) is 4.63. The highest BCUT2D eigenvalue weighted by atomic mass is 35.5. The van der Waals surface area contributed by atoms with Crippen LogP contribution < -0.4 is 5.73 Å². The average Bonchev–Trinajstić information content (AvgIpc) is 1.93. The lowest BCUT2D eigenvalue weighted by atomic mass is 10.3. The molecule has 54 valence electrons. The van der Waals surface area contributed by atoms with Crippen LogP contribution in [0.4, 0.5) is 5.69 Å². The van der Waals surface area contributed by atoms with Crippen molar-refractivity contribution in [3.63, 3.8) is 0 Å². The van der Waals surface area contributed by atoms with Crippen molar-refractivity contribution in [1.82, 2.24) is 0 Å². The summed E-state index contributed by atoms with van der Waals surface area (Å²) in [5, 5.41) is 18.0. The molecule has 0 bridgehead atoms. The van der Waals surface area contributed by atoms with Crippen molar-refractivity contribution in [1.29, 1.82) is 0 Å². The van der Waals surface area contributed by atoms with Gasteiger partial charge in [-0.3, -0.25) is 0 Å². The van der Waals surface area contributed by atoms with Crippen molar-refractivity contribution in [2.45, 2.75) is 0 Å². The molecule has 1 rings (SSSR count). The number of halogens is 1. The second-order valence-electron chi connectivity index (χ2n) is 1.83. The van der Waals surface area contributed by atoms with E-state index in [1.165, 1.54) is 12.1 Å². The van der Waals surface area contributed by atoms with Crippen molar-refractivity contribution >= 4 is 17.3 Å². The minimum atomic E-state index is -0.368. The predicted octanol–water partition coefficient (Wildman–Crippen LogP) is 1.33. The van der Waals surface area contributed by atoms with E-state index in [0.717, 1.165) is 0 Å². The molecule has 0 aliphatic carbocycles. The molecule has 10 heavy (non-hydrogen) atoms. The molecular formula is C6H6ClNO2. The Morgan fingerprint density at radius 3 is 2.40 bits per heavy atom. The second-order valence-corrected chi connectivity index (χ2v) is 2.24. The van der Waals surface area contributed by atoms with Crippen LogP contribution in [0.3, 0.4) is 0 Å². The van der Waals surface area contributed by atoms with E-state index in [9.17, 15) is 0 Å². The van der Waals surface area contributed by atoms with Crippen molar-refractivity contribution < 1.29 is 10.2 Å². The Labute approximate surface area is 62.7 Å². The van der Waals surface area contributed by atoms with Gasteiger partial charge in [-0.25, -0.2) is 0 Å². The van der Waals surface area contributed by atoms with Gasteiger partial charge in [0.05, 0.1) is 10.7 Å². The highest BCUT2D eigenvalue weighted by Crippen LogP contribution is 2.35. The highest BCUT2D eigenvalue weighted by molar-refractivity contribution is 6.33. The summed E-state index contributed by atoms with van der Waals surface area (Å²) in [6, 6.07) is 2.68. The van der Waals surface area contributed by atoms with Crippen molar-refractivity contribution in [3.8, 4) is 11.5 Å². The van der Waals surface area contributed by atoms with E-state index < -0.39 is 0 Å². The second kappa shape index (κ2) is 2.27. The van der Waals surface area contributed by atoms with E-state index in [2.05, 4.69) is 0 Å². The van der Waals surface area contributed by atoms with Crippen LogP contribution in [0.5, 0.6) is 11.5 Å². The topological polar surface area (TPSA) is 66.5 Å². The van der Waals surface area contributed by atoms with Crippen LogP contribution in [-0.4, -0.2) is 10.2 Å². The lowest BCUT2D eigenvalue weighted by molar-refractivity contribution is 0.405. The first-order valence-corrected chi connectivity index (χ1v) is 2.96. The average molecular weight is 160 g/mol. The molecule has 0 radical (unpaired) electrons. The van der Waals surface area contributed by atoms with E-state index in [4.69, 9.17) is 27.5 Å². The summed E-state index contributed by atoms with van der Waals surface area (Å²) in [6.07, 6.45) is 0. The van der Waals surface area contributed by atoms with Crippen LogP contribution in [0.1, 0.15) is 0 Å². The number of aromatic hydroxyl groups is 2. The smallest absolute Gasteiger partial charge is 0.182 e. The zero-order chi connectivity index (χ0) is 7.72. The zero-order valence-corrected chi connectivity index (χ0v) is 5.76. The molecule has 3 nitrogen and oxygen atoms in total. The van der Waals surface area contributed by atoms with Crippen LogP contribution in [0.25, 0.3) is 0 Å². The summed E-state index contributed by atoms with van der Waals surface area (Å²) >= 11 is 5.49. The van der Waals surface area contributed by atoms with Gasteiger partial charge in [-0.15, -0.1) is 0 Å². The Morgan fingerprint density at radius 2 is 1.90 bits per heavy atom. The largest absolute Gasteiger partial charge is 0.504 e. The molecule has 4 heteroatoms. The van der Waals surface area contributed by atoms with Crippen molar-refractivity contribution in [3.05, 3.63) is 17.2 Å². The van der Waals surface area contributed by atoms with Gasteiger partial charge in [-0.1, -0.05) is 11.6 Å². The third kappa shape index (κ3) is 0.953. The van der Waals surface area contributed by atoms with E-state index in [1.807, 2.05) is 0 Å². The van der Waals surface area contributed by atoms with Gasteiger partial charge in [-0.05, 0) is 12.1 Å². The van der Waals surface area contributed by atoms with E-state index >= 15 is 0 Å². The Hall–Kier alpha value is -1.09. The number of phenols is 2. The fraction of sp³-hybridized carbons (Fsp3) is 0. The first-order valence-electron chi connectivity index (χ1n) is 2.59. The molecule has 0 unspecified atom stereocenters. The van der Waals surface area contributed by atoms with Gasteiger partial charge in [0.2, 0.25) is 0 Å². The van der Waals surface area contributed by atoms with Gasteiger partial charge < -0.3 is 15.9 Å². The Balaban J connectivity index is 3.34. The van der Waals surface area contributed by atoms with Gasteiger partial charge in [0, 0.05) is 0 Å². The molecule has 1 aromatic rings. The maximum atomic E-state index is 8.93. The van der Waals surface area contributed by atoms with E-state index in [1.54, 1.807) is 0 Å². The number of anilines is 1. The minimum Gasteiger partial charge on any atom is -0.504 e. The summed E-state index contributed by atoms with van der Waals surface area (Å²) in [7, 11) is 0. The van der Waals surface area contributed by atoms with Crippen molar-refractivity contribution in [2.24, 2.45) is 0 Å². The third-order valence-electron chi connectivity index (χ3n) is 1.14. The number of rotatable bonds is 0. The molecule has 0 heterocycles. The number of hydrogen-bond donors (Lipinski definition) is 3. The lowest BCUT2D eigenvalue weighted by Gasteiger charge is -2.01. The van der Waals surface area contributed by atoms with Crippen molar-refractivity contribution in [2.75, 3.05) is 5.73 Å². The Bertz CT molecular complexity index is 235. The summed E-state index contributed by atoms with van der Waals surface area (Å²) in [5.41, 5.74) is 5.24. The molecular weight excluding hydrogens is 154 g/mol. The van der Waals surface area contributed by atoms with E-state index in [-0.39, 0.29) is 22.2 Å². The molecule has 1 aromatic carbocycles. The number of benzene rings is 1. The summed E-state index contributed by atoms with van der Waals surface area (Å²) < 4.78 is 0. The summed E-state index contributed by atoms with van der Waals surface area (Å²) in [6.45, 7) is 0. The molecule has 0 saturated heterocycles. The molecule has 0 amide bonds. The minimum absolute atomic E-state index is 0.00154. The fourth-order valence-corrected chi connectivity index (χ4v) is 0.724. The Kier molecular flexibility index (Phi) is 1.59. The van der Waals surface area contributed by atoms with Crippen LogP contribution in [-0.2, 0) is 0 Å². The number of nitrogens with two attached hydrogens (primary N) is 1. The molecule has 0 atom stereocenters. The van der Waals surface area contributed by atoms with Crippen LogP contribution in [0.15, 0.2) is 12.1 Å². The SMILES string of the molecule is Nc1c(Cl)ccc(O)c1O. The standard InChI is InChI=1S/C6H6ClNO2/c7-3-1-2-4(9)6(10)5(3)8/h1-2,9-10H,8H2. The first kappa shape index (κ1) is 7.02. The van der Waals surface area contributed by atoms with Crippen LogP contribution in [0, 0.1) is 0 Å². The zero-order valence-electron chi connectivity index (χ0n) is 5.00. The summed E-state index contributed by atoms with van der Waals surface area (Å²) in [5.74, 6) is -0.630. The monoisotopic (exact) mass is 159 g/mol. The van der Waals surface area contributed by atoms with Gasteiger partial charge in [0.1, 0.15) is 0 Å². The number of hydrogen-bond acceptors (Lipinski definition) is 3. The van der Waals surface area contributed by atoms with Gasteiger partial charge in [0.25, 0.3) is 0 Å². The summed E-state index contributed by atoms with van der Waals surface area (Å²) in [4.78, 5) is 0. The molecule has 0 fully saturated rings. The molecule has 4 N–H and O–H groups in total. The van der Waals surface area contributed by atoms with Gasteiger partial charge >= 0.3 is 0 Å². The van der Waals surface area contributed by atoms with Gasteiger partial charge in [0.15, 0.2) is 11.5 Å². The number of nitrogen functional groups attached to an aromatic ring is 1. The maximum Gasteiger partial charge on any atom is 0.182 e. The lowest BCUT2D eigenvalue weighted by Crippen LogP contribution is -1.86. The normalized spacial score (nSPS) is 9.70. The fourth-order valence-electron chi connectivity index (χ4n) is 0.572. The van der Waals surface area contributed by atoms with Crippen LogP contribution in [0.2, 0.25) is 5.02 Å². The number of phenolic OH excluding ortho intramolecular Hbond substituents is 2. The highest BCUT2D eigenvalue weighted by Gasteiger charge is 2.05. The molecule has 0 saturated carbocycles. The van der Waals surface area contributed by atoms with Crippen LogP contribution >= 0.6 is 11.6 Å². The molecule has 0 aromatic heterocycles. The quantitative estimate of drug-likeness (QED) is 0.395. The molecule has 0 spiro atoms. The van der Waals surface area contributed by atoms with Gasteiger partial charge in [-0.2, -0.15) is 0 Å². The van der Waals surface area contributed by atoms with E-state index in [0.29, 0.717) is 0 Å². The molecule has 0 aliphatic heterocycles. The maximum absolute atomic E-state index is 8.93. The Morgan fingerprint density at radius 1 is 1.30 bits per heavy atom. The predicted molar refractivity (Wildman–Crippen MR) is 39.2 cm³/mol. The third-order valence-corrected chi connectivity index (χ3v) is 1.47.